The third kappa shape index (κ3) is 4.44. The lowest BCUT2D eigenvalue weighted by molar-refractivity contribution is 0.232. The van der Waals surface area contributed by atoms with Crippen molar-refractivity contribution in [3.63, 3.8) is 0 Å². The molecule has 1 aromatic rings. The molecule has 0 unspecified atom stereocenters. The van der Waals surface area contributed by atoms with Crippen LogP contribution in [0.3, 0.4) is 0 Å². The highest BCUT2D eigenvalue weighted by atomic mass is 79.9. The van der Waals surface area contributed by atoms with Gasteiger partial charge in [-0.25, -0.2) is 0 Å². The van der Waals surface area contributed by atoms with Crippen molar-refractivity contribution in [2.45, 2.75) is 20.3 Å². The summed E-state index contributed by atoms with van der Waals surface area (Å²) in [6, 6.07) is 3.78. The van der Waals surface area contributed by atoms with Gasteiger partial charge in [0.25, 0.3) is 0 Å². The number of hydrogen-bond acceptors (Lipinski definition) is 3. The van der Waals surface area contributed by atoms with E-state index >= 15 is 0 Å². The minimum atomic E-state index is 0.107. The molecule has 0 saturated carbocycles. The van der Waals surface area contributed by atoms with Crippen molar-refractivity contribution in [2.75, 3.05) is 20.3 Å². The molecule has 0 aliphatic rings. The van der Waals surface area contributed by atoms with Crippen molar-refractivity contribution in [1.82, 2.24) is 0 Å². The first-order valence-corrected chi connectivity index (χ1v) is 7.34. The van der Waals surface area contributed by atoms with E-state index in [1.165, 1.54) is 0 Å². The number of hydrogen-bond donors (Lipinski definition) is 1. The van der Waals surface area contributed by atoms with Crippen LogP contribution < -0.4 is 15.2 Å². The minimum absolute atomic E-state index is 0.107. The van der Waals surface area contributed by atoms with E-state index in [0.717, 1.165) is 26.9 Å². The molecule has 18 heavy (non-hydrogen) atoms. The average Bonchev–Trinajstić information content (AvgIpc) is 2.33. The molecule has 2 N–H and O–H groups in total. The van der Waals surface area contributed by atoms with Gasteiger partial charge >= 0.3 is 0 Å². The maximum atomic E-state index is 5.77. The first-order chi connectivity index (χ1) is 8.39. The van der Waals surface area contributed by atoms with Crippen LogP contribution in [0.2, 0.25) is 0 Å². The highest BCUT2D eigenvalue weighted by Gasteiger charge is 2.16. The van der Waals surface area contributed by atoms with E-state index < -0.39 is 0 Å². The zero-order chi connectivity index (χ0) is 13.8. The lowest BCUT2D eigenvalue weighted by Gasteiger charge is -2.22. The maximum absolute atomic E-state index is 5.77. The number of methoxy groups -OCH3 is 1. The quantitative estimate of drug-likeness (QED) is 0.811. The maximum Gasteiger partial charge on any atom is 0.134 e. The fourth-order valence-corrected chi connectivity index (χ4v) is 2.24. The molecule has 0 fully saturated rings. The van der Waals surface area contributed by atoms with Gasteiger partial charge < -0.3 is 15.2 Å². The van der Waals surface area contributed by atoms with Crippen molar-refractivity contribution in [3.05, 3.63) is 21.1 Å². The van der Waals surface area contributed by atoms with Gasteiger partial charge in [-0.05, 0) is 62.4 Å². The summed E-state index contributed by atoms with van der Waals surface area (Å²) in [4.78, 5) is 0. The fourth-order valence-electron chi connectivity index (χ4n) is 1.32. The first kappa shape index (κ1) is 15.8. The zero-order valence-corrected chi connectivity index (χ0v) is 14.1. The molecule has 0 aliphatic heterocycles. The molecule has 0 bridgehead atoms. The average molecular weight is 381 g/mol. The van der Waals surface area contributed by atoms with E-state index in [4.69, 9.17) is 15.2 Å². The van der Waals surface area contributed by atoms with E-state index in [9.17, 15) is 0 Å². The highest BCUT2D eigenvalue weighted by Crippen LogP contribution is 2.36. The molecule has 102 valence electrons. The van der Waals surface area contributed by atoms with E-state index in [-0.39, 0.29) is 5.41 Å². The van der Waals surface area contributed by atoms with E-state index in [1.54, 1.807) is 7.11 Å². The highest BCUT2D eigenvalue weighted by molar-refractivity contribution is 9.11. The van der Waals surface area contributed by atoms with Crippen LogP contribution in [-0.2, 0) is 0 Å². The van der Waals surface area contributed by atoms with Gasteiger partial charge in [-0.1, -0.05) is 13.8 Å². The molecule has 0 atom stereocenters. The van der Waals surface area contributed by atoms with Gasteiger partial charge in [0.2, 0.25) is 0 Å². The summed E-state index contributed by atoms with van der Waals surface area (Å²) in [5.41, 5.74) is 5.80. The predicted molar refractivity (Wildman–Crippen MR) is 81.3 cm³/mol. The van der Waals surface area contributed by atoms with E-state index in [0.29, 0.717) is 13.2 Å². The van der Waals surface area contributed by atoms with E-state index in [1.807, 2.05) is 12.1 Å². The van der Waals surface area contributed by atoms with Crippen LogP contribution in [0.5, 0.6) is 11.5 Å². The molecule has 0 aromatic heterocycles. The van der Waals surface area contributed by atoms with Gasteiger partial charge in [0.05, 0.1) is 22.7 Å². The van der Waals surface area contributed by atoms with Gasteiger partial charge in [-0.3, -0.25) is 0 Å². The second-order valence-electron chi connectivity index (χ2n) is 4.88. The van der Waals surface area contributed by atoms with Crippen LogP contribution in [0.15, 0.2) is 21.1 Å². The Kier molecular flexibility index (Phi) is 5.95. The van der Waals surface area contributed by atoms with Crippen molar-refractivity contribution < 1.29 is 9.47 Å². The van der Waals surface area contributed by atoms with Gasteiger partial charge in [-0.2, -0.15) is 0 Å². The smallest absolute Gasteiger partial charge is 0.134 e. The molecule has 0 spiro atoms. The van der Waals surface area contributed by atoms with Crippen molar-refractivity contribution >= 4 is 31.9 Å². The fraction of sp³-hybridized carbons (Fsp3) is 0.538. The Hall–Kier alpha value is -0.260. The van der Waals surface area contributed by atoms with Crippen LogP contribution in [0.25, 0.3) is 0 Å². The largest absolute Gasteiger partial charge is 0.496 e. The van der Waals surface area contributed by atoms with Crippen LogP contribution in [0.4, 0.5) is 0 Å². The third-order valence-electron chi connectivity index (χ3n) is 2.80. The van der Waals surface area contributed by atoms with Crippen LogP contribution in [-0.4, -0.2) is 20.3 Å². The van der Waals surface area contributed by atoms with Gasteiger partial charge in [-0.15, -0.1) is 0 Å². The number of halogens is 2. The predicted octanol–water partition coefficient (Wildman–Crippen LogP) is 3.97. The number of rotatable bonds is 6. The monoisotopic (exact) mass is 379 g/mol. The molecule has 0 radical (unpaired) electrons. The molecule has 0 amide bonds. The molecule has 0 aliphatic carbocycles. The number of benzene rings is 1. The Morgan fingerprint density at radius 3 is 2.28 bits per heavy atom. The molecule has 0 saturated heterocycles. The zero-order valence-electron chi connectivity index (χ0n) is 10.9. The Balaban J connectivity index is 2.66. The summed E-state index contributed by atoms with van der Waals surface area (Å²) >= 11 is 6.91. The Bertz CT molecular complexity index is 408. The Labute approximate surface area is 125 Å². The SMILES string of the molecule is COc1cc(Br)c(OCCC(C)(C)CN)cc1Br. The molecule has 1 aromatic carbocycles. The Morgan fingerprint density at radius 1 is 1.17 bits per heavy atom. The van der Waals surface area contributed by atoms with Crippen LogP contribution in [0, 0.1) is 5.41 Å². The standard InChI is InChI=1S/C13H19Br2NO2/c1-13(2,8-16)4-5-18-12-7-9(14)11(17-3)6-10(12)15/h6-7H,4-5,8,16H2,1-3H3. The molecular weight excluding hydrogens is 362 g/mol. The summed E-state index contributed by atoms with van der Waals surface area (Å²) in [6.45, 7) is 5.57. The second-order valence-corrected chi connectivity index (χ2v) is 6.59. The molecular formula is C13H19Br2NO2. The van der Waals surface area contributed by atoms with Crippen molar-refractivity contribution in [3.8, 4) is 11.5 Å². The van der Waals surface area contributed by atoms with E-state index in [2.05, 4.69) is 45.7 Å². The summed E-state index contributed by atoms with van der Waals surface area (Å²) in [6.07, 6.45) is 0.916. The molecule has 1 rings (SSSR count). The first-order valence-electron chi connectivity index (χ1n) is 5.75. The summed E-state index contributed by atoms with van der Waals surface area (Å²) in [5, 5.41) is 0. The minimum Gasteiger partial charge on any atom is -0.496 e. The molecule has 5 heteroatoms. The lowest BCUT2D eigenvalue weighted by Crippen LogP contribution is -2.25. The number of ether oxygens (including phenoxy) is 2. The summed E-state index contributed by atoms with van der Waals surface area (Å²) < 4.78 is 12.7. The van der Waals surface area contributed by atoms with Crippen LogP contribution >= 0.6 is 31.9 Å². The third-order valence-corrected chi connectivity index (χ3v) is 4.03. The Morgan fingerprint density at radius 2 is 1.72 bits per heavy atom. The molecule has 3 nitrogen and oxygen atoms in total. The lowest BCUT2D eigenvalue weighted by atomic mass is 9.90. The summed E-state index contributed by atoms with van der Waals surface area (Å²) in [5.74, 6) is 1.58. The summed E-state index contributed by atoms with van der Waals surface area (Å²) in [7, 11) is 1.64. The van der Waals surface area contributed by atoms with Gasteiger partial charge in [0.1, 0.15) is 11.5 Å². The van der Waals surface area contributed by atoms with Gasteiger partial charge in [0.15, 0.2) is 0 Å². The second kappa shape index (κ2) is 6.78. The topological polar surface area (TPSA) is 44.5 Å². The van der Waals surface area contributed by atoms with Crippen molar-refractivity contribution in [1.29, 1.82) is 0 Å². The van der Waals surface area contributed by atoms with Crippen molar-refractivity contribution in [2.24, 2.45) is 11.1 Å². The molecule has 0 heterocycles. The number of nitrogens with two attached hydrogens (primary N) is 1. The van der Waals surface area contributed by atoms with Gasteiger partial charge in [0, 0.05) is 0 Å². The van der Waals surface area contributed by atoms with Crippen LogP contribution in [0.1, 0.15) is 20.3 Å². The normalized spacial score (nSPS) is 11.4.